The summed E-state index contributed by atoms with van der Waals surface area (Å²) in [5, 5.41) is 2.84. The fraction of sp³-hybridized carbons (Fsp3) is 0.500. The van der Waals surface area contributed by atoms with Crippen LogP contribution in [0.4, 0.5) is 5.95 Å². The molecule has 0 bridgehead atoms. The van der Waals surface area contributed by atoms with E-state index in [1.807, 2.05) is 0 Å². The summed E-state index contributed by atoms with van der Waals surface area (Å²) in [4.78, 5) is 25.8. The zero-order chi connectivity index (χ0) is 20.0. The van der Waals surface area contributed by atoms with Crippen molar-refractivity contribution in [2.24, 2.45) is 0 Å². The van der Waals surface area contributed by atoms with Crippen LogP contribution in [0.1, 0.15) is 47.1 Å². The van der Waals surface area contributed by atoms with Crippen molar-refractivity contribution >= 4 is 11.9 Å². The van der Waals surface area contributed by atoms with Crippen molar-refractivity contribution in [2.45, 2.75) is 38.8 Å². The number of rotatable bonds is 3. The quantitative estimate of drug-likeness (QED) is 0.860. The highest BCUT2D eigenvalue weighted by atomic mass is 16.5. The van der Waals surface area contributed by atoms with E-state index in [1.165, 1.54) is 11.1 Å². The van der Waals surface area contributed by atoms with E-state index < -0.39 is 0 Å². The minimum absolute atomic E-state index is 0.0656. The summed E-state index contributed by atoms with van der Waals surface area (Å²) in [6.45, 7) is 8.71. The van der Waals surface area contributed by atoms with Gasteiger partial charge in [0.2, 0.25) is 5.95 Å². The van der Waals surface area contributed by atoms with Crippen molar-refractivity contribution in [3.8, 4) is 5.75 Å². The van der Waals surface area contributed by atoms with Gasteiger partial charge in [0.15, 0.2) is 0 Å². The van der Waals surface area contributed by atoms with Gasteiger partial charge in [-0.15, -0.1) is 0 Å². The first-order valence-electron chi connectivity index (χ1n) is 10.5. The highest BCUT2D eigenvalue weighted by Gasteiger charge is 2.27. The van der Waals surface area contributed by atoms with Gasteiger partial charge in [-0.3, -0.25) is 9.69 Å². The molecule has 3 aliphatic heterocycles. The van der Waals surface area contributed by atoms with Gasteiger partial charge >= 0.3 is 0 Å². The van der Waals surface area contributed by atoms with E-state index in [1.54, 1.807) is 6.20 Å². The van der Waals surface area contributed by atoms with Crippen molar-refractivity contribution in [1.82, 2.24) is 20.2 Å². The van der Waals surface area contributed by atoms with Gasteiger partial charge in [-0.05, 0) is 31.0 Å². The third-order valence-electron chi connectivity index (χ3n) is 6.30. The number of hydrogen-bond acceptors (Lipinski definition) is 6. The van der Waals surface area contributed by atoms with Crippen LogP contribution in [0.25, 0.3) is 0 Å². The number of amides is 1. The van der Waals surface area contributed by atoms with E-state index in [-0.39, 0.29) is 12.0 Å². The molecule has 1 unspecified atom stereocenters. The Bertz CT molecular complexity index is 939. The number of fused-ring (bicyclic) bond motifs is 2. The SMILES string of the molecule is CC1Cc2ccc([C@@H](C)N3CCN(c4ncc5c(n4)CCNC5=O)CC3)cc2O1. The summed E-state index contributed by atoms with van der Waals surface area (Å²) < 4.78 is 5.94. The number of nitrogens with zero attached hydrogens (tertiary/aromatic N) is 4. The second-order valence-electron chi connectivity index (χ2n) is 8.24. The van der Waals surface area contributed by atoms with Gasteiger partial charge in [0.1, 0.15) is 11.9 Å². The van der Waals surface area contributed by atoms with Crippen molar-refractivity contribution in [1.29, 1.82) is 0 Å². The fourth-order valence-corrected chi connectivity index (χ4v) is 4.53. The molecule has 0 spiro atoms. The molecule has 7 nitrogen and oxygen atoms in total. The number of hydrogen-bond donors (Lipinski definition) is 1. The zero-order valence-electron chi connectivity index (χ0n) is 17.0. The van der Waals surface area contributed by atoms with Crippen LogP contribution >= 0.6 is 0 Å². The Morgan fingerprint density at radius 1 is 1.24 bits per heavy atom. The molecule has 1 aromatic carbocycles. The Hall–Kier alpha value is -2.67. The van der Waals surface area contributed by atoms with Crippen molar-refractivity contribution in [2.75, 3.05) is 37.6 Å². The lowest BCUT2D eigenvalue weighted by molar-refractivity contribution is 0.0944. The largest absolute Gasteiger partial charge is 0.490 e. The Kier molecular flexibility index (Phi) is 4.62. The van der Waals surface area contributed by atoms with E-state index in [9.17, 15) is 4.79 Å². The van der Waals surface area contributed by atoms with E-state index >= 15 is 0 Å². The molecule has 1 aromatic heterocycles. The van der Waals surface area contributed by atoms with Gasteiger partial charge in [0, 0.05) is 57.8 Å². The molecule has 29 heavy (non-hydrogen) atoms. The predicted octanol–water partition coefficient (Wildman–Crippen LogP) is 1.97. The second-order valence-corrected chi connectivity index (χ2v) is 8.24. The first-order valence-corrected chi connectivity index (χ1v) is 10.5. The lowest BCUT2D eigenvalue weighted by atomic mass is 10.0. The minimum Gasteiger partial charge on any atom is -0.490 e. The fourth-order valence-electron chi connectivity index (χ4n) is 4.53. The van der Waals surface area contributed by atoms with Gasteiger partial charge in [-0.25, -0.2) is 9.97 Å². The highest BCUT2D eigenvalue weighted by Crippen LogP contribution is 2.33. The van der Waals surface area contributed by atoms with E-state index in [4.69, 9.17) is 4.74 Å². The minimum atomic E-state index is -0.0656. The summed E-state index contributed by atoms with van der Waals surface area (Å²) in [6.07, 6.45) is 3.73. The number of benzene rings is 1. The molecule has 0 aliphatic carbocycles. The zero-order valence-corrected chi connectivity index (χ0v) is 17.0. The van der Waals surface area contributed by atoms with Gasteiger partial charge < -0.3 is 15.0 Å². The van der Waals surface area contributed by atoms with Gasteiger partial charge in [-0.1, -0.05) is 12.1 Å². The van der Waals surface area contributed by atoms with Crippen molar-refractivity contribution in [3.05, 3.63) is 46.8 Å². The molecule has 7 heteroatoms. The summed E-state index contributed by atoms with van der Waals surface area (Å²) in [5.41, 5.74) is 4.10. The molecule has 1 saturated heterocycles. The van der Waals surface area contributed by atoms with Gasteiger partial charge in [0.05, 0.1) is 11.3 Å². The lowest BCUT2D eigenvalue weighted by Crippen LogP contribution is -2.48. The van der Waals surface area contributed by atoms with Gasteiger partial charge in [0.25, 0.3) is 5.91 Å². The number of carbonyl (C=O) groups excluding carboxylic acids is 1. The first kappa shape index (κ1) is 18.4. The van der Waals surface area contributed by atoms with Crippen LogP contribution in [-0.4, -0.2) is 59.6 Å². The summed E-state index contributed by atoms with van der Waals surface area (Å²) in [6, 6.07) is 7.02. The summed E-state index contributed by atoms with van der Waals surface area (Å²) >= 11 is 0. The summed E-state index contributed by atoms with van der Waals surface area (Å²) in [5.74, 6) is 1.72. The molecule has 152 valence electrons. The molecule has 1 fully saturated rings. The number of anilines is 1. The third-order valence-corrected chi connectivity index (χ3v) is 6.30. The molecule has 0 radical (unpaired) electrons. The average molecular weight is 393 g/mol. The third kappa shape index (κ3) is 3.44. The van der Waals surface area contributed by atoms with Crippen LogP contribution in [0, 0.1) is 0 Å². The van der Waals surface area contributed by atoms with E-state index in [0.717, 1.165) is 56.4 Å². The Morgan fingerprint density at radius 3 is 2.90 bits per heavy atom. The van der Waals surface area contributed by atoms with Crippen LogP contribution in [0.5, 0.6) is 5.75 Å². The maximum atomic E-state index is 11.9. The van der Waals surface area contributed by atoms with Crippen LogP contribution < -0.4 is 15.0 Å². The maximum Gasteiger partial charge on any atom is 0.254 e. The maximum absolute atomic E-state index is 11.9. The Balaban J connectivity index is 1.25. The van der Waals surface area contributed by atoms with Crippen molar-refractivity contribution in [3.63, 3.8) is 0 Å². The standard InChI is InChI=1S/C22H27N5O2/c1-14-11-17-4-3-16(12-20(17)29-14)15(2)26-7-9-27(10-8-26)22-24-13-18-19(25-22)5-6-23-21(18)28/h3-4,12-15H,5-11H2,1-2H3,(H,23,28)/t14?,15-/m1/s1. The molecule has 2 atom stereocenters. The molecule has 2 aromatic rings. The molecule has 5 rings (SSSR count). The topological polar surface area (TPSA) is 70.6 Å². The summed E-state index contributed by atoms with van der Waals surface area (Å²) in [7, 11) is 0. The molecule has 0 saturated carbocycles. The molecule has 4 heterocycles. The van der Waals surface area contributed by atoms with Crippen LogP contribution in [-0.2, 0) is 12.8 Å². The average Bonchev–Trinajstić information content (AvgIpc) is 3.12. The number of aromatic nitrogens is 2. The monoisotopic (exact) mass is 393 g/mol. The lowest BCUT2D eigenvalue weighted by Gasteiger charge is -2.38. The predicted molar refractivity (Wildman–Crippen MR) is 111 cm³/mol. The number of carbonyl (C=O) groups is 1. The highest BCUT2D eigenvalue weighted by molar-refractivity contribution is 5.96. The second kappa shape index (κ2) is 7.30. The van der Waals surface area contributed by atoms with E-state index in [0.29, 0.717) is 18.2 Å². The molecule has 1 N–H and O–H groups in total. The van der Waals surface area contributed by atoms with Crippen LogP contribution in [0.2, 0.25) is 0 Å². The number of piperazine rings is 1. The molecule has 3 aliphatic rings. The Labute approximate surface area is 171 Å². The number of nitrogens with one attached hydrogen (secondary N) is 1. The molecular weight excluding hydrogens is 366 g/mol. The van der Waals surface area contributed by atoms with E-state index in [2.05, 4.69) is 57.1 Å². The normalized spacial score (nSPS) is 22.5. The van der Waals surface area contributed by atoms with Crippen LogP contribution in [0.15, 0.2) is 24.4 Å². The van der Waals surface area contributed by atoms with Gasteiger partial charge in [-0.2, -0.15) is 0 Å². The smallest absolute Gasteiger partial charge is 0.254 e. The molecular formula is C22H27N5O2. The Morgan fingerprint density at radius 2 is 2.07 bits per heavy atom. The molecule has 1 amide bonds. The number of ether oxygens (including phenoxy) is 1. The van der Waals surface area contributed by atoms with Crippen LogP contribution in [0.3, 0.4) is 0 Å². The first-order chi connectivity index (χ1) is 14.1. The van der Waals surface area contributed by atoms with Crippen molar-refractivity contribution < 1.29 is 9.53 Å².